The number of thiocarbonyl (C=S) groups is 1. The molecule has 0 unspecified atom stereocenters. The van der Waals surface area contributed by atoms with Crippen molar-refractivity contribution >= 4 is 56.2 Å². The molecule has 0 atom stereocenters. The molecule has 0 fully saturated rings. The van der Waals surface area contributed by atoms with Gasteiger partial charge in [0.1, 0.15) is 5.75 Å². The van der Waals surface area contributed by atoms with E-state index in [1.54, 1.807) is 25.3 Å². The standard InChI is InChI=1S/C21H18BrN3O2S/c1-27-17-12-10-15(11-13-17)23-14-6-8-16(9-7-14)24-21(28)25-20(26)18-4-2-3-5-19(18)22/h2-13,23H,1H3,(H2,24,25,26,28). The molecule has 0 radical (unpaired) electrons. The molecule has 3 aromatic rings. The fourth-order valence-electron chi connectivity index (χ4n) is 2.46. The van der Waals surface area contributed by atoms with E-state index in [1.165, 1.54) is 0 Å². The molecule has 0 saturated heterocycles. The maximum absolute atomic E-state index is 12.3. The number of hydrogen-bond acceptors (Lipinski definition) is 4. The van der Waals surface area contributed by atoms with Crippen molar-refractivity contribution in [2.45, 2.75) is 0 Å². The van der Waals surface area contributed by atoms with E-state index in [0.29, 0.717) is 10.0 Å². The predicted octanol–water partition coefficient (Wildman–Crippen LogP) is 5.33. The molecule has 0 spiro atoms. The number of methoxy groups -OCH3 is 1. The summed E-state index contributed by atoms with van der Waals surface area (Å²) in [6.45, 7) is 0. The SMILES string of the molecule is COc1ccc(Nc2ccc(NC(=S)NC(=O)c3ccccc3Br)cc2)cc1. The van der Waals surface area contributed by atoms with Crippen LogP contribution in [-0.4, -0.2) is 18.1 Å². The maximum atomic E-state index is 12.3. The van der Waals surface area contributed by atoms with Gasteiger partial charge in [-0.3, -0.25) is 10.1 Å². The summed E-state index contributed by atoms with van der Waals surface area (Å²) in [6, 6.07) is 22.4. The van der Waals surface area contributed by atoms with Crippen molar-refractivity contribution in [2.24, 2.45) is 0 Å². The van der Waals surface area contributed by atoms with Gasteiger partial charge in [-0.1, -0.05) is 12.1 Å². The minimum absolute atomic E-state index is 0.233. The van der Waals surface area contributed by atoms with E-state index in [1.807, 2.05) is 54.6 Å². The zero-order valence-electron chi connectivity index (χ0n) is 15.0. The third-order valence-corrected chi connectivity index (χ3v) is 4.76. The first-order valence-electron chi connectivity index (χ1n) is 8.43. The molecule has 0 aliphatic carbocycles. The summed E-state index contributed by atoms with van der Waals surface area (Å²) in [6.07, 6.45) is 0. The highest BCUT2D eigenvalue weighted by molar-refractivity contribution is 9.10. The molecule has 0 bridgehead atoms. The molecule has 0 aromatic heterocycles. The van der Waals surface area contributed by atoms with Crippen LogP contribution in [0.3, 0.4) is 0 Å². The van der Waals surface area contributed by atoms with Crippen LogP contribution in [0, 0.1) is 0 Å². The highest BCUT2D eigenvalue weighted by Crippen LogP contribution is 2.21. The first-order valence-corrected chi connectivity index (χ1v) is 9.63. The summed E-state index contributed by atoms with van der Waals surface area (Å²) in [5.74, 6) is 0.533. The second kappa shape index (κ2) is 9.34. The fourth-order valence-corrected chi connectivity index (χ4v) is 3.13. The molecule has 0 aliphatic rings. The topological polar surface area (TPSA) is 62.4 Å². The maximum Gasteiger partial charge on any atom is 0.258 e. The molecule has 0 heterocycles. The second-order valence-electron chi connectivity index (χ2n) is 5.82. The summed E-state index contributed by atoms with van der Waals surface area (Å²) >= 11 is 8.59. The van der Waals surface area contributed by atoms with Crippen LogP contribution in [0.2, 0.25) is 0 Å². The van der Waals surface area contributed by atoms with Crippen LogP contribution in [0.25, 0.3) is 0 Å². The average Bonchev–Trinajstić information content (AvgIpc) is 2.70. The lowest BCUT2D eigenvalue weighted by molar-refractivity contribution is 0.0977. The third-order valence-electron chi connectivity index (χ3n) is 3.87. The van der Waals surface area contributed by atoms with Crippen molar-refractivity contribution in [2.75, 3.05) is 17.7 Å². The minimum atomic E-state index is -0.275. The first-order chi connectivity index (χ1) is 13.5. The molecule has 142 valence electrons. The molecule has 3 rings (SSSR count). The van der Waals surface area contributed by atoms with E-state index >= 15 is 0 Å². The van der Waals surface area contributed by atoms with Crippen LogP contribution in [0.15, 0.2) is 77.3 Å². The molecule has 0 saturated carbocycles. The molecule has 3 aromatic carbocycles. The number of benzene rings is 3. The average molecular weight is 456 g/mol. The van der Waals surface area contributed by atoms with Crippen molar-refractivity contribution in [3.8, 4) is 5.75 Å². The number of hydrogen-bond donors (Lipinski definition) is 3. The lowest BCUT2D eigenvalue weighted by Crippen LogP contribution is -2.34. The first kappa shape index (κ1) is 19.9. The van der Waals surface area contributed by atoms with Crippen LogP contribution in [0.1, 0.15) is 10.4 Å². The number of anilines is 3. The zero-order chi connectivity index (χ0) is 19.9. The lowest BCUT2D eigenvalue weighted by Gasteiger charge is -2.12. The summed E-state index contributed by atoms with van der Waals surface area (Å²) < 4.78 is 5.87. The van der Waals surface area contributed by atoms with Gasteiger partial charge in [-0.15, -0.1) is 0 Å². The molecule has 28 heavy (non-hydrogen) atoms. The summed E-state index contributed by atoms with van der Waals surface area (Å²) in [5, 5.41) is 9.22. The van der Waals surface area contributed by atoms with Gasteiger partial charge < -0.3 is 15.4 Å². The van der Waals surface area contributed by atoms with Gasteiger partial charge in [0.05, 0.1) is 12.7 Å². The van der Waals surface area contributed by atoms with Crippen LogP contribution in [-0.2, 0) is 0 Å². The highest BCUT2D eigenvalue weighted by atomic mass is 79.9. The number of ether oxygens (including phenoxy) is 1. The van der Waals surface area contributed by atoms with Crippen LogP contribution in [0.4, 0.5) is 17.1 Å². The van der Waals surface area contributed by atoms with Gasteiger partial charge in [0, 0.05) is 21.5 Å². The molecule has 5 nitrogen and oxygen atoms in total. The van der Waals surface area contributed by atoms with Gasteiger partial charge in [-0.2, -0.15) is 0 Å². The van der Waals surface area contributed by atoms with Crippen molar-refractivity contribution in [3.05, 3.63) is 82.8 Å². The smallest absolute Gasteiger partial charge is 0.258 e. The number of rotatable bonds is 5. The fraction of sp³-hybridized carbons (Fsp3) is 0.0476. The van der Waals surface area contributed by atoms with Gasteiger partial charge in [-0.25, -0.2) is 0 Å². The molecule has 7 heteroatoms. The quantitative estimate of drug-likeness (QED) is 0.453. The number of amides is 1. The minimum Gasteiger partial charge on any atom is -0.497 e. The van der Waals surface area contributed by atoms with E-state index in [9.17, 15) is 4.79 Å². The van der Waals surface area contributed by atoms with Gasteiger partial charge in [0.25, 0.3) is 5.91 Å². The summed E-state index contributed by atoms with van der Waals surface area (Å²) in [7, 11) is 1.64. The second-order valence-corrected chi connectivity index (χ2v) is 7.08. The Morgan fingerprint density at radius 2 is 1.46 bits per heavy atom. The Morgan fingerprint density at radius 1 is 0.893 bits per heavy atom. The van der Waals surface area contributed by atoms with E-state index < -0.39 is 0 Å². The monoisotopic (exact) mass is 455 g/mol. The Hall–Kier alpha value is -2.90. The Balaban J connectivity index is 1.56. The molecule has 0 aliphatic heterocycles. The van der Waals surface area contributed by atoms with E-state index in [4.69, 9.17) is 17.0 Å². The number of carbonyl (C=O) groups is 1. The van der Waals surface area contributed by atoms with Gasteiger partial charge in [0.2, 0.25) is 0 Å². The van der Waals surface area contributed by atoms with Crippen LogP contribution < -0.4 is 20.7 Å². The Morgan fingerprint density at radius 3 is 2.07 bits per heavy atom. The summed E-state index contributed by atoms with van der Waals surface area (Å²) in [4.78, 5) is 12.3. The Bertz CT molecular complexity index is 976. The number of halogens is 1. The van der Waals surface area contributed by atoms with Gasteiger partial charge >= 0.3 is 0 Å². The zero-order valence-corrected chi connectivity index (χ0v) is 17.4. The van der Waals surface area contributed by atoms with Crippen LogP contribution >= 0.6 is 28.1 Å². The molecule has 1 amide bonds. The van der Waals surface area contributed by atoms with E-state index in [2.05, 4.69) is 31.9 Å². The third kappa shape index (κ3) is 5.31. The molecular weight excluding hydrogens is 438 g/mol. The van der Waals surface area contributed by atoms with Crippen molar-refractivity contribution in [1.82, 2.24) is 5.32 Å². The number of nitrogens with one attached hydrogen (secondary N) is 3. The Labute approximate surface area is 177 Å². The molecular formula is C21H18BrN3O2S. The Kier molecular flexibility index (Phi) is 6.62. The van der Waals surface area contributed by atoms with Crippen molar-refractivity contribution in [1.29, 1.82) is 0 Å². The van der Waals surface area contributed by atoms with Gasteiger partial charge in [-0.05, 0) is 88.8 Å². The van der Waals surface area contributed by atoms with Crippen LogP contribution in [0.5, 0.6) is 5.75 Å². The van der Waals surface area contributed by atoms with Crippen molar-refractivity contribution < 1.29 is 9.53 Å². The summed E-state index contributed by atoms with van der Waals surface area (Å²) in [5.41, 5.74) is 3.18. The predicted molar refractivity (Wildman–Crippen MR) is 121 cm³/mol. The molecule has 3 N–H and O–H groups in total. The van der Waals surface area contributed by atoms with E-state index in [0.717, 1.165) is 22.8 Å². The van der Waals surface area contributed by atoms with Gasteiger partial charge in [0.15, 0.2) is 5.11 Å². The largest absolute Gasteiger partial charge is 0.497 e. The lowest BCUT2D eigenvalue weighted by atomic mass is 10.2. The highest BCUT2D eigenvalue weighted by Gasteiger charge is 2.10. The van der Waals surface area contributed by atoms with E-state index in [-0.39, 0.29) is 11.0 Å². The van der Waals surface area contributed by atoms with Crippen molar-refractivity contribution in [3.63, 3.8) is 0 Å². The number of carbonyl (C=O) groups excluding carboxylic acids is 1. The normalized spacial score (nSPS) is 10.1.